The molecule has 0 aliphatic carbocycles. The van der Waals surface area contributed by atoms with E-state index in [1.807, 2.05) is 0 Å². The van der Waals surface area contributed by atoms with Gasteiger partial charge in [0.25, 0.3) is 0 Å². The van der Waals surface area contributed by atoms with E-state index in [4.69, 9.17) is 4.74 Å². The van der Waals surface area contributed by atoms with Crippen molar-refractivity contribution in [3.05, 3.63) is 64.7 Å². The Morgan fingerprint density at radius 1 is 0.567 bits per heavy atom. The summed E-state index contributed by atoms with van der Waals surface area (Å²) in [6.07, 6.45) is 2.26. The van der Waals surface area contributed by atoms with E-state index in [2.05, 4.69) is 112 Å². The molecule has 166 valence electrons. The van der Waals surface area contributed by atoms with Crippen molar-refractivity contribution in [1.82, 2.24) is 0 Å². The molecule has 0 unspecified atom stereocenters. The highest BCUT2D eigenvalue weighted by atomic mass is 16.5. The zero-order chi connectivity index (χ0) is 23.0. The Balaban J connectivity index is 2.20. The molecule has 2 rings (SSSR count). The number of hydrogen-bond donors (Lipinski definition) is 0. The minimum Gasteiger partial charge on any atom is -0.496 e. The molecule has 0 saturated carbocycles. The van der Waals surface area contributed by atoms with E-state index in [0.29, 0.717) is 0 Å². The van der Waals surface area contributed by atoms with Crippen LogP contribution in [0, 0.1) is 0 Å². The minimum atomic E-state index is 0.0786. The topological polar surface area (TPSA) is 9.23 Å². The summed E-state index contributed by atoms with van der Waals surface area (Å²) in [5.41, 5.74) is 5.95. The Hall–Kier alpha value is -1.76. The van der Waals surface area contributed by atoms with Gasteiger partial charge >= 0.3 is 0 Å². The lowest BCUT2D eigenvalue weighted by Crippen LogP contribution is -2.25. The SMILES string of the molecule is COc1cc(C(C)(C)CCC(C)(C)c2ccc(C(C)(C)C)cc2)ccc1C(C)(C)C. The molecule has 0 bridgehead atoms. The van der Waals surface area contributed by atoms with Gasteiger partial charge in [0, 0.05) is 0 Å². The molecule has 0 aliphatic rings. The molecular formula is C29H44O. The van der Waals surface area contributed by atoms with Crippen molar-refractivity contribution in [2.24, 2.45) is 0 Å². The van der Waals surface area contributed by atoms with Crippen molar-refractivity contribution >= 4 is 0 Å². The molecule has 0 spiro atoms. The van der Waals surface area contributed by atoms with E-state index in [1.165, 1.54) is 22.3 Å². The summed E-state index contributed by atoms with van der Waals surface area (Å²) in [7, 11) is 1.78. The number of benzene rings is 2. The van der Waals surface area contributed by atoms with Gasteiger partial charge in [-0.3, -0.25) is 0 Å². The van der Waals surface area contributed by atoms with Crippen LogP contribution in [0.1, 0.15) is 104 Å². The fraction of sp³-hybridized carbons (Fsp3) is 0.586. The summed E-state index contributed by atoms with van der Waals surface area (Å²) in [6.45, 7) is 23.0. The third-order valence-electron chi connectivity index (χ3n) is 6.70. The fourth-order valence-electron chi connectivity index (χ4n) is 4.07. The molecular weight excluding hydrogens is 364 g/mol. The average Bonchev–Trinajstić information content (AvgIpc) is 2.65. The van der Waals surface area contributed by atoms with Crippen LogP contribution in [0.15, 0.2) is 42.5 Å². The predicted molar refractivity (Wildman–Crippen MR) is 132 cm³/mol. The van der Waals surface area contributed by atoms with E-state index in [0.717, 1.165) is 18.6 Å². The van der Waals surface area contributed by atoms with Crippen LogP contribution in [0.4, 0.5) is 0 Å². The molecule has 0 saturated heterocycles. The maximum atomic E-state index is 5.76. The Bertz CT molecular complexity index is 839. The smallest absolute Gasteiger partial charge is 0.122 e. The number of ether oxygens (including phenoxy) is 1. The molecule has 2 aromatic carbocycles. The molecule has 0 radical (unpaired) electrons. The van der Waals surface area contributed by atoms with Gasteiger partial charge in [-0.2, -0.15) is 0 Å². The molecule has 0 N–H and O–H groups in total. The molecule has 30 heavy (non-hydrogen) atoms. The van der Waals surface area contributed by atoms with Crippen LogP contribution in [0.3, 0.4) is 0 Å². The highest BCUT2D eigenvalue weighted by Crippen LogP contribution is 2.40. The van der Waals surface area contributed by atoms with Gasteiger partial charge in [-0.05, 0) is 62.8 Å². The Morgan fingerprint density at radius 2 is 1.00 bits per heavy atom. The first-order chi connectivity index (χ1) is 13.6. The largest absolute Gasteiger partial charge is 0.496 e. The van der Waals surface area contributed by atoms with Crippen molar-refractivity contribution in [3.8, 4) is 5.75 Å². The number of methoxy groups -OCH3 is 1. The third-order valence-corrected chi connectivity index (χ3v) is 6.70. The second kappa shape index (κ2) is 8.40. The van der Waals surface area contributed by atoms with Gasteiger partial charge in [-0.25, -0.2) is 0 Å². The maximum absolute atomic E-state index is 5.76. The third kappa shape index (κ3) is 5.68. The van der Waals surface area contributed by atoms with Gasteiger partial charge in [-0.15, -0.1) is 0 Å². The molecule has 0 aliphatic heterocycles. The van der Waals surface area contributed by atoms with Crippen molar-refractivity contribution in [2.75, 3.05) is 7.11 Å². The van der Waals surface area contributed by atoms with Crippen molar-refractivity contribution in [1.29, 1.82) is 0 Å². The molecule has 0 aromatic heterocycles. The Labute approximate surface area is 186 Å². The lowest BCUT2D eigenvalue weighted by molar-refractivity contribution is 0.369. The lowest BCUT2D eigenvalue weighted by atomic mass is 9.72. The Kier molecular flexibility index (Phi) is 6.87. The predicted octanol–water partition coefficient (Wildman–Crippen LogP) is 8.33. The summed E-state index contributed by atoms with van der Waals surface area (Å²) in [4.78, 5) is 0. The maximum Gasteiger partial charge on any atom is 0.122 e. The summed E-state index contributed by atoms with van der Waals surface area (Å²) in [5.74, 6) is 1.00. The number of hydrogen-bond acceptors (Lipinski definition) is 1. The zero-order valence-electron chi connectivity index (χ0n) is 21.4. The molecule has 0 atom stereocenters. The second-order valence-corrected chi connectivity index (χ2v) is 12.3. The van der Waals surface area contributed by atoms with Crippen LogP contribution in [0.25, 0.3) is 0 Å². The van der Waals surface area contributed by atoms with E-state index < -0.39 is 0 Å². The van der Waals surface area contributed by atoms with Gasteiger partial charge in [0.05, 0.1) is 7.11 Å². The van der Waals surface area contributed by atoms with Crippen LogP contribution in [-0.4, -0.2) is 7.11 Å². The van der Waals surface area contributed by atoms with Crippen LogP contribution in [0.5, 0.6) is 5.75 Å². The summed E-state index contributed by atoms with van der Waals surface area (Å²) in [5, 5.41) is 0. The van der Waals surface area contributed by atoms with Crippen molar-refractivity contribution < 1.29 is 4.74 Å². The first kappa shape index (κ1) is 24.5. The highest BCUT2D eigenvalue weighted by Gasteiger charge is 2.29. The average molecular weight is 409 g/mol. The van der Waals surface area contributed by atoms with Gasteiger partial charge in [0.1, 0.15) is 5.75 Å². The van der Waals surface area contributed by atoms with Gasteiger partial charge in [-0.1, -0.05) is 106 Å². The second-order valence-electron chi connectivity index (χ2n) is 12.3. The van der Waals surface area contributed by atoms with Gasteiger partial charge < -0.3 is 4.74 Å². The quantitative estimate of drug-likeness (QED) is 0.467. The monoisotopic (exact) mass is 408 g/mol. The van der Waals surface area contributed by atoms with E-state index in [1.54, 1.807) is 7.11 Å². The van der Waals surface area contributed by atoms with Crippen molar-refractivity contribution in [3.63, 3.8) is 0 Å². The molecule has 0 fully saturated rings. The molecule has 1 heteroatoms. The Morgan fingerprint density at radius 3 is 1.43 bits per heavy atom. The van der Waals surface area contributed by atoms with E-state index in [-0.39, 0.29) is 21.7 Å². The highest BCUT2D eigenvalue weighted by molar-refractivity contribution is 5.44. The van der Waals surface area contributed by atoms with Gasteiger partial charge in [0.15, 0.2) is 0 Å². The summed E-state index contributed by atoms with van der Waals surface area (Å²) >= 11 is 0. The number of rotatable bonds is 6. The lowest BCUT2D eigenvalue weighted by Gasteiger charge is -2.33. The van der Waals surface area contributed by atoms with E-state index >= 15 is 0 Å². The zero-order valence-corrected chi connectivity index (χ0v) is 21.4. The molecule has 1 nitrogen and oxygen atoms in total. The van der Waals surface area contributed by atoms with Crippen LogP contribution < -0.4 is 4.74 Å². The standard InChI is InChI=1S/C29H44O/c1-26(2,3)21-12-14-22(15-13-21)28(7,8)18-19-29(9,10)23-16-17-24(27(4,5)6)25(20-23)30-11/h12-17,20H,18-19H2,1-11H3. The van der Waals surface area contributed by atoms with Gasteiger partial charge in [0.2, 0.25) is 0 Å². The van der Waals surface area contributed by atoms with Crippen LogP contribution >= 0.6 is 0 Å². The molecule has 0 amide bonds. The van der Waals surface area contributed by atoms with Crippen LogP contribution in [-0.2, 0) is 21.7 Å². The summed E-state index contributed by atoms with van der Waals surface area (Å²) in [6, 6.07) is 16.1. The normalized spacial score (nSPS) is 13.4. The fourth-order valence-corrected chi connectivity index (χ4v) is 4.07. The van der Waals surface area contributed by atoms with Crippen LogP contribution in [0.2, 0.25) is 0 Å². The first-order valence-electron chi connectivity index (χ1n) is 11.4. The van der Waals surface area contributed by atoms with E-state index in [9.17, 15) is 0 Å². The molecule has 2 aromatic rings. The summed E-state index contributed by atoms with van der Waals surface area (Å²) < 4.78 is 5.76. The first-order valence-corrected chi connectivity index (χ1v) is 11.4. The molecule has 0 heterocycles. The minimum absolute atomic E-state index is 0.0786. The van der Waals surface area contributed by atoms with Crippen molar-refractivity contribution in [2.45, 2.75) is 104 Å².